The van der Waals surface area contributed by atoms with Crippen LogP contribution in [0.4, 0.5) is 22.2 Å². The molecule has 9 heteroatoms. The number of hydrogen-bond donors (Lipinski definition) is 4. The molecule has 140 valence electrons. The number of amides is 2. The molecule has 4 N–H and O–H groups in total. The van der Waals surface area contributed by atoms with Crippen LogP contribution in [0.3, 0.4) is 0 Å². The zero-order valence-electron chi connectivity index (χ0n) is 14.2. The quantitative estimate of drug-likeness (QED) is 0.450. The van der Waals surface area contributed by atoms with Crippen molar-refractivity contribution in [1.82, 2.24) is 10.3 Å². The maximum Gasteiger partial charge on any atom is 0.404 e. The Morgan fingerprint density at radius 2 is 1.85 bits per heavy atom. The lowest BCUT2D eigenvalue weighted by Gasteiger charge is -2.07. The van der Waals surface area contributed by atoms with Crippen LogP contribution in [-0.2, 0) is 4.79 Å². The van der Waals surface area contributed by atoms with Gasteiger partial charge in [0.25, 0.3) is 6.01 Å². The van der Waals surface area contributed by atoms with Gasteiger partial charge in [-0.15, -0.1) is 0 Å². The molecule has 0 fully saturated rings. The summed E-state index contributed by atoms with van der Waals surface area (Å²) in [5, 5.41) is 17.1. The molecule has 3 rings (SSSR count). The average molecular weight is 389 g/mol. The fourth-order valence-corrected chi connectivity index (χ4v) is 2.55. The maximum atomic E-state index is 11.8. The van der Waals surface area contributed by atoms with Crippen LogP contribution in [0.25, 0.3) is 11.1 Å². The fourth-order valence-electron chi connectivity index (χ4n) is 2.38. The van der Waals surface area contributed by atoms with Gasteiger partial charge in [0.1, 0.15) is 5.52 Å². The second kappa shape index (κ2) is 8.41. The van der Waals surface area contributed by atoms with Gasteiger partial charge in [-0.25, -0.2) is 4.79 Å². The standard InChI is InChI=1S/C18H17ClN4O4/c19-11-3-8-15-14(10-11)23-17(27-15)22-13-6-4-12(5-7-13)21-16(24)2-1-9-20-18(25)26/h3-8,10,20H,1-2,9H2,(H,21,24)(H,22,23)(H,25,26). The monoisotopic (exact) mass is 388 g/mol. The Balaban J connectivity index is 1.53. The van der Waals surface area contributed by atoms with Crippen molar-refractivity contribution in [3.8, 4) is 0 Å². The van der Waals surface area contributed by atoms with Crippen LogP contribution in [0.5, 0.6) is 0 Å². The van der Waals surface area contributed by atoms with E-state index in [-0.39, 0.29) is 18.9 Å². The topological polar surface area (TPSA) is 116 Å². The summed E-state index contributed by atoms with van der Waals surface area (Å²) < 4.78 is 5.60. The van der Waals surface area contributed by atoms with E-state index in [2.05, 4.69) is 20.9 Å². The highest BCUT2D eigenvalue weighted by atomic mass is 35.5. The molecule has 0 unspecified atom stereocenters. The van der Waals surface area contributed by atoms with Gasteiger partial charge in [0.2, 0.25) is 5.91 Å². The molecule has 0 aliphatic carbocycles. The van der Waals surface area contributed by atoms with E-state index >= 15 is 0 Å². The number of anilines is 3. The van der Waals surface area contributed by atoms with Crippen molar-refractivity contribution in [1.29, 1.82) is 0 Å². The van der Waals surface area contributed by atoms with E-state index in [1.165, 1.54) is 0 Å². The first kappa shape index (κ1) is 18.5. The van der Waals surface area contributed by atoms with Crippen LogP contribution < -0.4 is 16.0 Å². The Morgan fingerprint density at radius 3 is 2.59 bits per heavy atom. The number of rotatable bonds is 7. The third-order valence-electron chi connectivity index (χ3n) is 3.63. The molecule has 1 heterocycles. The number of carbonyl (C=O) groups excluding carboxylic acids is 1. The number of nitrogens with zero attached hydrogens (tertiary/aromatic N) is 1. The average Bonchev–Trinajstić information content (AvgIpc) is 3.01. The lowest BCUT2D eigenvalue weighted by Crippen LogP contribution is -2.23. The first-order valence-electron chi connectivity index (χ1n) is 8.19. The zero-order valence-corrected chi connectivity index (χ0v) is 14.9. The van der Waals surface area contributed by atoms with Gasteiger partial charge < -0.3 is 25.5 Å². The van der Waals surface area contributed by atoms with Gasteiger partial charge in [0.15, 0.2) is 5.58 Å². The molecule has 8 nitrogen and oxygen atoms in total. The summed E-state index contributed by atoms with van der Waals surface area (Å²) in [6.07, 6.45) is -0.439. The van der Waals surface area contributed by atoms with Crippen molar-refractivity contribution in [2.24, 2.45) is 0 Å². The first-order chi connectivity index (χ1) is 13.0. The molecular weight excluding hydrogens is 372 g/mol. The predicted molar refractivity (Wildman–Crippen MR) is 103 cm³/mol. The minimum Gasteiger partial charge on any atom is -0.465 e. The van der Waals surface area contributed by atoms with Crippen molar-refractivity contribution < 1.29 is 19.1 Å². The maximum absolute atomic E-state index is 11.8. The molecular formula is C18H17ClN4O4. The predicted octanol–water partition coefficient (Wildman–Crippen LogP) is 4.21. The van der Waals surface area contributed by atoms with E-state index in [9.17, 15) is 9.59 Å². The van der Waals surface area contributed by atoms with Gasteiger partial charge in [-0.05, 0) is 48.9 Å². The van der Waals surface area contributed by atoms with Gasteiger partial charge in [-0.3, -0.25) is 4.79 Å². The van der Waals surface area contributed by atoms with Crippen LogP contribution in [0.2, 0.25) is 5.02 Å². The number of carbonyl (C=O) groups is 2. The fraction of sp³-hybridized carbons (Fsp3) is 0.167. The number of nitrogens with one attached hydrogen (secondary N) is 3. The van der Waals surface area contributed by atoms with Crippen molar-refractivity contribution in [2.75, 3.05) is 17.2 Å². The largest absolute Gasteiger partial charge is 0.465 e. The van der Waals surface area contributed by atoms with E-state index in [0.29, 0.717) is 34.2 Å². The van der Waals surface area contributed by atoms with Crippen molar-refractivity contribution in [3.63, 3.8) is 0 Å². The lowest BCUT2D eigenvalue weighted by molar-refractivity contribution is -0.116. The summed E-state index contributed by atoms with van der Waals surface area (Å²) in [6, 6.07) is 12.6. The van der Waals surface area contributed by atoms with Crippen molar-refractivity contribution >= 4 is 52.1 Å². The SMILES string of the molecule is O=C(O)NCCCC(=O)Nc1ccc(Nc2nc3cc(Cl)ccc3o2)cc1. The number of benzene rings is 2. The van der Waals surface area contributed by atoms with E-state index in [1.54, 1.807) is 42.5 Å². The second-order valence-corrected chi connectivity index (χ2v) is 6.15. The van der Waals surface area contributed by atoms with E-state index < -0.39 is 6.09 Å². The number of carboxylic acid groups (broad SMARTS) is 1. The molecule has 0 aliphatic rings. The van der Waals surface area contributed by atoms with Crippen LogP contribution in [-0.4, -0.2) is 28.6 Å². The molecule has 0 saturated carbocycles. The summed E-state index contributed by atoms with van der Waals surface area (Å²) in [4.78, 5) is 26.5. The minimum atomic E-state index is -1.10. The molecule has 0 radical (unpaired) electrons. The molecule has 0 bridgehead atoms. The normalized spacial score (nSPS) is 10.6. The third kappa shape index (κ3) is 5.35. The second-order valence-electron chi connectivity index (χ2n) is 5.72. The van der Waals surface area contributed by atoms with E-state index in [4.69, 9.17) is 21.1 Å². The number of hydrogen-bond acceptors (Lipinski definition) is 5. The lowest BCUT2D eigenvalue weighted by atomic mass is 10.2. The van der Waals surface area contributed by atoms with Gasteiger partial charge in [-0.2, -0.15) is 4.98 Å². The summed E-state index contributed by atoms with van der Waals surface area (Å²) in [5.74, 6) is -0.182. The third-order valence-corrected chi connectivity index (χ3v) is 3.86. The number of aromatic nitrogens is 1. The Bertz CT molecular complexity index is 956. The molecule has 0 atom stereocenters. The smallest absolute Gasteiger partial charge is 0.404 e. The number of halogens is 1. The number of fused-ring (bicyclic) bond motifs is 1. The van der Waals surface area contributed by atoms with Gasteiger partial charge >= 0.3 is 6.09 Å². The molecule has 0 spiro atoms. The van der Waals surface area contributed by atoms with Crippen LogP contribution in [0.15, 0.2) is 46.9 Å². The summed E-state index contributed by atoms with van der Waals surface area (Å²) in [7, 11) is 0. The Hall–Kier alpha value is -3.26. The van der Waals surface area contributed by atoms with Crippen molar-refractivity contribution in [2.45, 2.75) is 12.8 Å². The summed E-state index contributed by atoms with van der Waals surface area (Å²) in [5.41, 5.74) is 2.67. The Labute approximate surface area is 159 Å². The highest BCUT2D eigenvalue weighted by Crippen LogP contribution is 2.25. The van der Waals surface area contributed by atoms with Crippen molar-refractivity contribution in [3.05, 3.63) is 47.5 Å². The molecule has 0 saturated heterocycles. The summed E-state index contributed by atoms with van der Waals surface area (Å²) in [6.45, 7) is 0.237. The van der Waals surface area contributed by atoms with Gasteiger partial charge in [0.05, 0.1) is 0 Å². The molecule has 3 aromatic rings. The zero-order chi connectivity index (χ0) is 19.2. The van der Waals surface area contributed by atoms with Crippen LogP contribution >= 0.6 is 11.6 Å². The Morgan fingerprint density at radius 1 is 1.11 bits per heavy atom. The highest BCUT2D eigenvalue weighted by molar-refractivity contribution is 6.31. The molecule has 27 heavy (non-hydrogen) atoms. The van der Waals surface area contributed by atoms with Gasteiger partial charge in [0, 0.05) is 29.4 Å². The number of oxazole rings is 1. The van der Waals surface area contributed by atoms with Crippen LogP contribution in [0.1, 0.15) is 12.8 Å². The molecule has 0 aliphatic heterocycles. The molecule has 2 aromatic carbocycles. The van der Waals surface area contributed by atoms with Crippen LogP contribution in [0, 0.1) is 0 Å². The Kier molecular flexibility index (Phi) is 5.77. The van der Waals surface area contributed by atoms with E-state index in [0.717, 1.165) is 5.69 Å². The van der Waals surface area contributed by atoms with Gasteiger partial charge in [-0.1, -0.05) is 11.6 Å². The molecule has 1 aromatic heterocycles. The first-order valence-corrected chi connectivity index (χ1v) is 8.57. The summed E-state index contributed by atoms with van der Waals surface area (Å²) >= 11 is 5.93. The van der Waals surface area contributed by atoms with E-state index in [1.807, 2.05) is 0 Å². The molecule has 2 amide bonds. The highest BCUT2D eigenvalue weighted by Gasteiger charge is 2.07. The minimum absolute atomic E-state index is 0.182.